The molecule has 0 aliphatic heterocycles. The van der Waals surface area contributed by atoms with Crippen molar-refractivity contribution in [2.24, 2.45) is 0 Å². The Bertz CT molecular complexity index is 510. The zero-order chi connectivity index (χ0) is 11.9. The number of hydrogen-bond donors (Lipinski definition) is 2. The minimum absolute atomic E-state index is 0.799. The minimum Gasteiger partial charge on any atom is -0.361 e. The number of fused-ring (bicyclic) bond motifs is 1. The van der Waals surface area contributed by atoms with Crippen molar-refractivity contribution in [1.29, 1.82) is 0 Å². The number of H-pyrrole nitrogens is 1. The van der Waals surface area contributed by atoms with Crippen molar-refractivity contribution in [3.63, 3.8) is 0 Å². The molecular weight excluding hydrogens is 228 g/mol. The van der Waals surface area contributed by atoms with Gasteiger partial charge in [0.05, 0.1) is 5.75 Å². The average molecular weight is 244 g/mol. The summed E-state index contributed by atoms with van der Waals surface area (Å²) in [6.45, 7) is 1.89. The number of terminal acetylenes is 1. The Balaban J connectivity index is 1.83. The Morgan fingerprint density at radius 2 is 2.29 bits per heavy atom. The van der Waals surface area contributed by atoms with Gasteiger partial charge in [0.1, 0.15) is 0 Å². The van der Waals surface area contributed by atoms with Gasteiger partial charge in [-0.05, 0) is 17.0 Å². The van der Waals surface area contributed by atoms with Gasteiger partial charge in [0.2, 0.25) is 0 Å². The van der Waals surface area contributed by atoms with Crippen LogP contribution in [0, 0.1) is 12.3 Å². The molecule has 0 amide bonds. The molecule has 2 rings (SSSR count). The van der Waals surface area contributed by atoms with Crippen LogP contribution in [0.15, 0.2) is 30.5 Å². The minimum atomic E-state index is 0.799. The van der Waals surface area contributed by atoms with Crippen LogP contribution in [-0.4, -0.2) is 23.0 Å². The highest BCUT2D eigenvalue weighted by Gasteiger charge is 2.00. The molecule has 2 nitrogen and oxygen atoms in total. The third kappa shape index (κ3) is 3.29. The SMILES string of the molecule is C#CCSCCNCc1cccc2cc[nH]c12. The lowest BCUT2D eigenvalue weighted by Crippen LogP contribution is -2.16. The molecule has 2 N–H and O–H groups in total. The fraction of sp³-hybridized carbons (Fsp3) is 0.286. The molecular formula is C14H16N2S. The second-order valence-corrected chi connectivity index (χ2v) is 4.90. The van der Waals surface area contributed by atoms with Crippen LogP contribution in [-0.2, 0) is 6.54 Å². The molecule has 1 aromatic heterocycles. The maximum Gasteiger partial charge on any atom is 0.0545 e. The van der Waals surface area contributed by atoms with Crippen molar-refractivity contribution in [3.8, 4) is 12.3 Å². The van der Waals surface area contributed by atoms with Crippen molar-refractivity contribution in [1.82, 2.24) is 10.3 Å². The number of rotatable bonds is 6. The van der Waals surface area contributed by atoms with Crippen molar-refractivity contribution in [3.05, 3.63) is 36.0 Å². The van der Waals surface area contributed by atoms with E-state index in [9.17, 15) is 0 Å². The standard InChI is InChI=1S/C14H16N2S/c1-2-9-17-10-8-15-11-13-5-3-4-12-6-7-16-14(12)13/h1,3-7,15-16H,8-11H2. The van der Waals surface area contributed by atoms with Gasteiger partial charge in [-0.1, -0.05) is 24.1 Å². The van der Waals surface area contributed by atoms with E-state index in [4.69, 9.17) is 6.42 Å². The van der Waals surface area contributed by atoms with E-state index in [1.54, 1.807) is 11.8 Å². The molecule has 1 aromatic carbocycles. The highest BCUT2D eigenvalue weighted by Crippen LogP contribution is 2.16. The first-order valence-electron chi connectivity index (χ1n) is 5.68. The molecule has 0 saturated carbocycles. The van der Waals surface area contributed by atoms with Gasteiger partial charge in [-0.3, -0.25) is 0 Å². The van der Waals surface area contributed by atoms with Crippen LogP contribution in [0.2, 0.25) is 0 Å². The van der Waals surface area contributed by atoms with Crippen molar-refractivity contribution < 1.29 is 0 Å². The molecule has 0 aliphatic rings. The Hall–Kier alpha value is -1.37. The van der Waals surface area contributed by atoms with Crippen LogP contribution in [0.3, 0.4) is 0 Å². The quantitative estimate of drug-likeness (QED) is 0.604. The topological polar surface area (TPSA) is 27.8 Å². The molecule has 2 aromatic rings. The second-order valence-electron chi connectivity index (χ2n) is 3.79. The van der Waals surface area contributed by atoms with Crippen LogP contribution in [0.1, 0.15) is 5.56 Å². The highest BCUT2D eigenvalue weighted by molar-refractivity contribution is 7.99. The first-order chi connectivity index (χ1) is 8.42. The summed E-state index contributed by atoms with van der Waals surface area (Å²) in [5.74, 6) is 4.49. The summed E-state index contributed by atoms with van der Waals surface area (Å²) in [6.07, 6.45) is 7.17. The molecule has 0 bridgehead atoms. The third-order valence-electron chi connectivity index (χ3n) is 2.60. The maximum atomic E-state index is 5.19. The number of aromatic amines is 1. The molecule has 0 fully saturated rings. The van der Waals surface area contributed by atoms with E-state index in [1.807, 2.05) is 6.20 Å². The van der Waals surface area contributed by atoms with Crippen LogP contribution < -0.4 is 5.32 Å². The number of nitrogens with one attached hydrogen (secondary N) is 2. The first kappa shape index (κ1) is 12.1. The predicted molar refractivity (Wildman–Crippen MR) is 76.2 cm³/mol. The van der Waals surface area contributed by atoms with Gasteiger partial charge in [-0.2, -0.15) is 0 Å². The van der Waals surface area contributed by atoms with Gasteiger partial charge < -0.3 is 10.3 Å². The summed E-state index contributed by atoms with van der Waals surface area (Å²) in [4.78, 5) is 3.28. The summed E-state index contributed by atoms with van der Waals surface area (Å²) in [7, 11) is 0. The van der Waals surface area contributed by atoms with E-state index in [1.165, 1.54) is 16.5 Å². The van der Waals surface area contributed by atoms with Crippen LogP contribution in [0.4, 0.5) is 0 Å². The Morgan fingerprint density at radius 1 is 1.35 bits per heavy atom. The summed E-state index contributed by atoms with van der Waals surface area (Å²) < 4.78 is 0. The van der Waals surface area contributed by atoms with Crippen molar-refractivity contribution in [2.45, 2.75) is 6.54 Å². The lowest BCUT2D eigenvalue weighted by atomic mass is 10.1. The Morgan fingerprint density at radius 3 is 3.18 bits per heavy atom. The number of aromatic nitrogens is 1. The molecule has 0 radical (unpaired) electrons. The van der Waals surface area contributed by atoms with E-state index in [2.05, 4.69) is 40.5 Å². The molecule has 88 valence electrons. The molecule has 0 spiro atoms. The van der Waals surface area contributed by atoms with E-state index < -0.39 is 0 Å². The van der Waals surface area contributed by atoms with E-state index in [0.717, 1.165) is 24.6 Å². The van der Waals surface area contributed by atoms with E-state index in [-0.39, 0.29) is 0 Å². The molecule has 0 atom stereocenters. The van der Waals surface area contributed by atoms with Gasteiger partial charge in [0.15, 0.2) is 0 Å². The number of hydrogen-bond acceptors (Lipinski definition) is 2. The number of para-hydroxylation sites is 1. The predicted octanol–water partition coefficient (Wildman–Crippen LogP) is 2.62. The van der Waals surface area contributed by atoms with E-state index in [0.29, 0.717) is 0 Å². The normalized spacial score (nSPS) is 10.5. The largest absolute Gasteiger partial charge is 0.361 e. The molecule has 17 heavy (non-hydrogen) atoms. The van der Waals surface area contributed by atoms with Crippen LogP contribution >= 0.6 is 11.8 Å². The first-order valence-corrected chi connectivity index (χ1v) is 6.84. The fourth-order valence-electron chi connectivity index (χ4n) is 1.80. The van der Waals surface area contributed by atoms with Crippen LogP contribution in [0.5, 0.6) is 0 Å². The second kappa shape index (κ2) is 6.39. The lowest BCUT2D eigenvalue weighted by molar-refractivity contribution is 0.735. The maximum absolute atomic E-state index is 5.19. The number of benzene rings is 1. The van der Waals surface area contributed by atoms with Gasteiger partial charge in [-0.15, -0.1) is 18.2 Å². The molecule has 3 heteroatoms. The highest BCUT2D eigenvalue weighted by atomic mass is 32.2. The molecule has 1 heterocycles. The van der Waals surface area contributed by atoms with Gasteiger partial charge in [0, 0.05) is 30.6 Å². The summed E-state index contributed by atoms with van der Waals surface area (Å²) >= 11 is 1.79. The smallest absolute Gasteiger partial charge is 0.0545 e. The van der Waals surface area contributed by atoms with E-state index >= 15 is 0 Å². The Kier molecular flexibility index (Phi) is 4.54. The van der Waals surface area contributed by atoms with Crippen molar-refractivity contribution >= 4 is 22.7 Å². The zero-order valence-electron chi connectivity index (χ0n) is 9.70. The summed E-state index contributed by atoms with van der Waals surface area (Å²) in [6, 6.07) is 8.47. The Labute approximate surface area is 106 Å². The summed E-state index contributed by atoms with van der Waals surface area (Å²) in [5.41, 5.74) is 2.55. The molecule has 0 saturated heterocycles. The van der Waals surface area contributed by atoms with Gasteiger partial charge >= 0.3 is 0 Å². The van der Waals surface area contributed by atoms with Crippen molar-refractivity contribution in [2.75, 3.05) is 18.1 Å². The molecule has 0 aliphatic carbocycles. The van der Waals surface area contributed by atoms with Gasteiger partial charge in [-0.25, -0.2) is 0 Å². The number of thioether (sulfide) groups is 1. The molecule has 0 unspecified atom stereocenters. The third-order valence-corrected chi connectivity index (χ3v) is 3.46. The fourth-order valence-corrected chi connectivity index (χ4v) is 2.35. The monoisotopic (exact) mass is 244 g/mol. The van der Waals surface area contributed by atoms with Gasteiger partial charge in [0.25, 0.3) is 0 Å². The summed E-state index contributed by atoms with van der Waals surface area (Å²) in [5, 5.41) is 4.70. The zero-order valence-corrected chi connectivity index (χ0v) is 10.5. The van der Waals surface area contributed by atoms with Crippen LogP contribution in [0.25, 0.3) is 10.9 Å². The lowest BCUT2D eigenvalue weighted by Gasteiger charge is -2.05. The average Bonchev–Trinajstić information content (AvgIpc) is 2.82.